The molecule has 0 spiro atoms. The van der Waals surface area contributed by atoms with Crippen LogP contribution < -0.4 is 10.6 Å². The van der Waals surface area contributed by atoms with Gasteiger partial charge in [-0.1, -0.05) is 0 Å². The van der Waals surface area contributed by atoms with E-state index in [4.69, 9.17) is 9.84 Å². The Morgan fingerprint density at radius 2 is 2.26 bits per heavy atom. The number of carbonyl (C=O) groups excluding carboxylic acids is 1. The molecule has 110 valence electrons. The normalized spacial score (nSPS) is 20.9. The van der Waals surface area contributed by atoms with Crippen LogP contribution in [0.3, 0.4) is 0 Å². The van der Waals surface area contributed by atoms with Crippen LogP contribution in [0, 0.1) is 5.92 Å². The number of amides is 2. The number of likely N-dealkylation sites (tertiary alicyclic amines) is 1. The molecule has 7 heteroatoms. The molecule has 2 amide bonds. The standard InChI is InChI=1S/C12H23N3O4/c1-13-6-9-4-3-5-15(8-9)12(18)14-7-10(19-2)11(16)17/h9-10,13H,3-8H2,1-2H3,(H,14,18)(H,16,17). The number of carboxylic acid groups (broad SMARTS) is 1. The lowest BCUT2D eigenvalue weighted by Crippen LogP contribution is -2.49. The number of nitrogens with zero attached hydrogens (tertiary/aromatic N) is 1. The van der Waals surface area contributed by atoms with Gasteiger partial charge in [-0.2, -0.15) is 0 Å². The molecular weight excluding hydrogens is 250 g/mol. The van der Waals surface area contributed by atoms with Gasteiger partial charge < -0.3 is 25.4 Å². The molecule has 1 aliphatic heterocycles. The zero-order chi connectivity index (χ0) is 14.3. The summed E-state index contributed by atoms with van der Waals surface area (Å²) in [6.45, 7) is 2.30. The maximum Gasteiger partial charge on any atom is 0.334 e. The summed E-state index contributed by atoms with van der Waals surface area (Å²) in [5.41, 5.74) is 0. The van der Waals surface area contributed by atoms with Crippen molar-refractivity contribution < 1.29 is 19.4 Å². The van der Waals surface area contributed by atoms with E-state index < -0.39 is 12.1 Å². The predicted molar refractivity (Wildman–Crippen MR) is 70.1 cm³/mol. The third kappa shape index (κ3) is 5.04. The number of hydrogen-bond donors (Lipinski definition) is 3. The van der Waals surface area contributed by atoms with Crippen molar-refractivity contribution in [2.24, 2.45) is 5.92 Å². The molecule has 1 rings (SSSR count). The number of aliphatic carboxylic acids is 1. The Kier molecular flexibility index (Phi) is 6.58. The van der Waals surface area contributed by atoms with Crippen molar-refractivity contribution in [2.75, 3.05) is 40.3 Å². The Labute approximate surface area is 113 Å². The minimum Gasteiger partial charge on any atom is -0.479 e. The molecule has 1 fully saturated rings. The maximum absolute atomic E-state index is 11.9. The fourth-order valence-corrected chi connectivity index (χ4v) is 2.27. The first-order chi connectivity index (χ1) is 9.08. The number of carboxylic acids is 1. The molecule has 2 atom stereocenters. The Morgan fingerprint density at radius 3 is 2.84 bits per heavy atom. The van der Waals surface area contributed by atoms with Crippen molar-refractivity contribution in [3.63, 3.8) is 0 Å². The number of piperidine rings is 1. The van der Waals surface area contributed by atoms with Crippen LogP contribution in [0.15, 0.2) is 0 Å². The Balaban J connectivity index is 2.38. The van der Waals surface area contributed by atoms with Crippen LogP contribution in [0.25, 0.3) is 0 Å². The molecule has 0 saturated carbocycles. The van der Waals surface area contributed by atoms with Crippen molar-refractivity contribution in [3.05, 3.63) is 0 Å². The van der Waals surface area contributed by atoms with Gasteiger partial charge in [0, 0.05) is 20.2 Å². The van der Waals surface area contributed by atoms with Crippen LogP contribution in [0.1, 0.15) is 12.8 Å². The highest BCUT2D eigenvalue weighted by Crippen LogP contribution is 2.15. The second kappa shape index (κ2) is 7.96. The van der Waals surface area contributed by atoms with Crippen molar-refractivity contribution in [1.29, 1.82) is 0 Å². The van der Waals surface area contributed by atoms with Crippen LogP contribution in [-0.2, 0) is 9.53 Å². The van der Waals surface area contributed by atoms with Gasteiger partial charge in [0.2, 0.25) is 0 Å². The van der Waals surface area contributed by atoms with Crippen molar-refractivity contribution in [3.8, 4) is 0 Å². The molecule has 0 aromatic rings. The molecule has 0 bridgehead atoms. The minimum absolute atomic E-state index is 0.0160. The molecule has 0 aliphatic carbocycles. The van der Waals surface area contributed by atoms with E-state index in [1.54, 1.807) is 4.90 Å². The van der Waals surface area contributed by atoms with Crippen molar-refractivity contribution in [2.45, 2.75) is 18.9 Å². The molecule has 0 aromatic carbocycles. The zero-order valence-electron chi connectivity index (χ0n) is 11.5. The third-order valence-corrected chi connectivity index (χ3v) is 3.30. The average Bonchev–Trinajstić information content (AvgIpc) is 2.39. The topological polar surface area (TPSA) is 90.9 Å². The largest absolute Gasteiger partial charge is 0.479 e. The quantitative estimate of drug-likeness (QED) is 0.619. The number of urea groups is 1. The van der Waals surface area contributed by atoms with Gasteiger partial charge in [-0.05, 0) is 32.4 Å². The summed E-state index contributed by atoms with van der Waals surface area (Å²) in [5, 5.41) is 14.5. The first-order valence-corrected chi connectivity index (χ1v) is 6.51. The van der Waals surface area contributed by atoms with Crippen molar-refractivity contribution in [1.82, 2.24) is 15.5 Å². The van der Waals surface area contributed by atoms with E-state index in [-0.39, 0.29) is 12.6 Å². The van der Waals surface area contributed by atoms with Gasteiger partial charge in [-0.15, -0.1) is 0 Å². The summed E-state index contributed by atoms with van der Waals surface area (Å²) in [6, 6.07) is -0.218. The van der Waals surface area contributed by atoms with E-state index in [2.05, 4.69) is 10.6 Å². The monoisotopic (exact) mass is 273 g/mol. The molecule has 1 heterocycles. The van der Waals surface area contributed by atoms with E-state index in [0.29, 0.717) is 12.5 Å². The summed E-state index contributed by atoms with van der Waals surface area (Å²) < 4.78 is 4.77. The summed E-state index contributed by atoms with van der Waals surface area (Å²) in [6.07, 6.45) is 1.09. The summed E-state index contributed by atoms with van der Waals surface area (Å²) in [7, 11) is 3.21. The van der Waals surface area contributed by atoms with E-state index in [1.165, 1.54) is 7.11 Å². The lowest BCUT2D eigenvalue weighted by atomic mass is 9.98. The Bertz CT molecular complexity index is 309. The highest BCUT2D eigenvalue weighted by molar-refractivity contribution is 5.77. The first kappa shape index (κ1) is 15.7. The predicted octanol–water partition coefficient (Wildman–Crippen LogP) is -0.273. The van der Waals surface area contributed by atoms with Crippen LogP contribution in [-0.4, -0.2) is 68.4 Å². The molecule has 0 radical (unpaired) electrons. The van der Waals surface area contributed by atoms with E-state index >= 15 is 0 Å². The highest BCUT2D eigenvalue weighted by Gasteiger charge is 2.24. The first-order valence-electron chi connectivity index (χ1n) is 6.51. The molecule has 7 nitrogen and oxygen atoms in total. The second-order valence-electron chi connectivity index (χ2n) is 4.76. The van der Waals surface area contributed by atoms with Crippen LogP contribution in [0.4, 0.5) is 4.79 Å². The molecular formula is C12H23N3O4. The highest BCUT2D eigenvalue weighted by atomic mass is 16.5. The summed E-state index contributed by atoms with van der Waals surface area (Å²) >= 11 is 0. The fraction of sp³-hybridized carbons (Fsp3) is 0.833. The Morgan fingerprint density at radius 1 is 1.53 bits per heavy atom. The second-order valence-corrected chi connectivity index (χ2v) is 4.76. The van der Waals surface area contributed by atoms with Crippen molar-refractivity contribution >= 4 is 12.0 Å². The molecule has 19 heavy (non-hydrogen) atoms. The van der Waals surface area contributed by atoms with Gasteiger partial charge in [0.25, 0.3) is 0 Å². The smallest absolute Gasteiger partial charge is 0.334 e. The van der Waals surface area contributed by atoms with Gasteiger partial charge in [0.15, 0.2) is 6.10 Å². The average molecular weight is 273 g/mol. The minimum atomic E-state index is -1.07. The summed E-state index contributed by atoms with van der Waals surface area (Å²) in [4.78, 5) is 24.4. The molecule has 1 aliphatic rings. The SMILES string of the molecule is CNCC1CCCN(C(=O)NCC(OC)C(=O)O)C1. The van der Waals surface area contributed by atoms with E-state index in [0.717, 1.165) is 25.9 Å². The zero-order valence-corrected chi connectivity index (χ0v) is 11.5. The van der Waals surface area contributed by atoms with Gasteiger partial charge in [0.05, 0.1) is 6.54 Å². The molecule has 2 unspecified atom stereocenters. The fourth-order valence-electron chi connectivity index (χ4n) is 2.27. The van der Waals surface area contributed by atoms with Crippen LogP contribution in [0.5, 0.6) is 0 Å². The Hall–Kier alpha value is -1.34. The number of hydrogen-bond acceptors (Lipinski definition) is 4. The van der Waals surface area contributed by atoms with E-state index in [1.807, 2.05) is 7.05 Å². The number of ether oxygens (including phenoxy) is 1. The number of nitrogens with one attached hydrogen (secondary N) is 2. The molecule has 1 saturated heterocycles. The van der Waals surface area contributed by atoms with E-state index in [9.17, 15) is 9.59 Å². The van der Waals surface area contributed by atoms with Gasteiger partial charge in [-0.25, -0.2) is 9.59 Å². The molecule has 3 N–H and O–H groups in total. The summed E-state index contributed by atoms with van der Waals surface area (Å²) in [5.74, 6) is -0.614. The number of methoxy groups -OCH3 is 1. The molecule has 0 aromatic heterocycles. The van der Waals surface area contributed by atoms with Gasteiger partial charge >= 0.3 is 12.0 Å². The maximum atomic E-state index is 11.9. The number of rotatable bonds is 6. The third-order valence-electron chi connectivity index (χ3n) is 3.30. The number of carbonyl (C=O) groups is 2. The van der Waals surface area contributed by atoms with Gasteiger partial charge in [-0.3, -0.25) is 0 Å². The van der Waals surface area contributed by atoms with Gasteiger partial charge in [0.1, 0.15) is 0 Å². The lowest BCUT2D eigenvalue weighted by Gasteiger charge is -2.32. The van der Waals surface area contributed by atoms with Crippen LogP contribution >= 0.6 is 0 Å². The van der Waals surface area contributed by atoms with Crippen LogP contribution in [0.2, 0.25) is 0 Å². The lowest BCUT2D eigenvalue weighted by molar-refractivity contribution is -0.148.